The van der Waals surface area contributed by atoms with Gasteiger partial charge in [-0.25, -0.2) is 0 Å². The van der Waals surface area contributed by atoms with E-state index >= 15 is 0 Å². The first-order valence-electron chi connectivity index (χ1n) is 6.81. The minimum atomic E-state index is 0.0780. The van der Waals surface area contributed by atoms with E-state index in [1.807, 2.05) is 23.9 Å². The number of rotatable bonds is 8. The Balaban J connectivity index is 2.09. The Labute approximate surface area is 120 Å². The average Bonchev–Trinajstić information content (AvgIpc) is 2.36. The summed E-state index contributed by atoms with van der Waals surface area (Å²) in [5, 5.41) is 2.87. The van der Waals surface area contributed by atoms with E-state index in [9.17, 15) is 4.79 Å². The van der Waals surface area contributed by atoms with Crippen LogP contribution in [-0.2, 0) is 4.79 Å². The molecule has 3 N–H and O–H groups in total. The van der Waals surface area contributed by atoms with Crippen LogP contribution in [0.3, 0.4) is 0 Å². The van der Waals surface area contributed by atoms with Gasteiger partial charge in [0.05, 0.1) is 0 Å². The first-order chi connectivity index (χ1) is 9.08. The number of carbonyl (C=O) groups excluding carboxylic acids is 1. The number of hydrogen-bond donors (Lipinski definition) is 2. The Hall–Kier alpha value is -1.16. The van der Waals surface area contributed by atoms with Crippen molar-refractivity contribution in [3.8, 4) is 0 Å². The number of nitrogens with one attached hydrogen (secondary N) is 1. The van der Waals surface area contributed by atoms with Gasteiger partial charge >= 0.3 is 0 Å². The van der Waals surface area contributed by atoms with Crippen LogP contribution in [0.15, 0.2) is 24.3 Å². The summed E-state index contributed by atoms with van der Waals surface area (Å²) in [6.07, 6.45) is 2.77. The molecule has 19 heavy (non-hydrogen) atoms. The second-order valence-corrected chi connectivity index (χ2v) is 6.29. The lowest BCUT2D eigenvalue weighted by atomic mass is 10.2. The van der Waals surface area contributed by atoms with Crippen molar-refractivity contribution >= 4 is 29.0 Å². The topological polar surface area (TPSA) is 55.1 Å². The molecule has 0 aliphatic heterocycles. The normalized spacial score (nSPS) is 10.7. The molecule has 3 nitrogen and oxygen atoms in total. The van der Waals surface area contributed by atoms with Crippen LogP contribution in [0.1, 0.15) is 33.1 Å². The number of carbonyl (C=O) groups is 1. The molecule has 0 aliphatic rings. The molecule has 1 aromatic rings. The summed E-state index contributed by atoms with van der Waals surface area (Å²) in [5.41, 5.74) is 7.11. The number of nitrogens with two attached hydrogens (primary N) is 1. The van der Waals surface area contributed by atoms with Gasteiger partial charge in [0.1, 0.15) is 0 Å². The maximum absolute atomic E-state index is 11.7. The molecule has 0 unspecified atom stereocenters. The summed E-state index contributed by atoms with van der Waals surface area (Å²) in [6.45, 7) is 4.47. The van der Waals surface area contributed by atoms with Crippen LogP contribution in [0.25, 0.3) is 0 Å². The molecule has 0 bridgehead atoms. The molecule has 0 fully saturated rings. The molecule has 1 rings (SSSR count). The van der Waals surface area contributed by atoms with Gasteiger partial charge in [0.2, 0.25) is 5.91 Å². The first kappa shape index (κ1) is 15.9. The molecule has 106 valence electrons. The molecule has 0 spiro atoms. The van der Waals surface area contributed by atoms with Gasteiger partial charge in [-0.15, -0.1) is 0 Å². The maximum atomic E-state index is 11.7. The summed E-state index contributed by atoms with van der Waals surface area (Å²) in [4.78, 5) is 11.7. The van der Waals surface area contributed by atoms with Crippen LogP contribution < -0.4 is 11.1 Å². The molecule has 0 saturated heterocycles. The average molecular weight is 280 g/mol. The summed E-state index contributed by atoms with van der Waals surface area (Å²) < 4.78 is 0. The predicted octanol–water partition coefficient (Wildman–Crippen LogP) is 3.77. The Morgan fingerprint density at radius 3 is 2.58 bits per heavy atom. The van der Waals surface area contributed by atoms with Crippen molar-refractivity contribution in [2.45, 2.75) is 33.1 Å². The highest BCUT2D eigenvalue weighted by atomic mass is 32.2. The second-order valence-electron chi connectivity index (χ2n) is 5.07. The molecule has 0 atom stereocenters. The van der Waals surface area contributed by atoms with E-state index < -0.39 is 0 Å². The highest BCUT2D eigenvalue weighted by Crippen LogP contribution is 2.13. The third-order valence-corrected chi connectivity index (χ3v) is 3.83. The van der Waals surface area contributed by atoms with Crippen molar-refractivity contribution in [3.63, 3.8) is 0 Å². The fourth-order valence-electron chi connectivity index (χ4n) is 1.55. The molecule has 0 aliphatic carbocycles. The maximum Gasteiger partial charge on any atom is 0.224 e. The number of anilines is 2. The number of thioether (sulfide) groups is 1. The molecule has 1 aromatic carbocycles. The van der Waals surface area contributed by atoms with Crippen LogP contribution in [0, 0.1) is 5.92 Å². The van der Waals surface area contributed by atoms with Crippen molar-refractivity contribution in [2.24, 2.45) is 5.92 Å². The van der Waals surface area contributed by atoms with Crippen LogP contribution in [0.4, 0.5) is 11.4 Å². The van der Waals surface area contributed by atoms with Crippen molar-refractivity contribution in [3.05, 3.63) is 24.3 Å². The quantitative estimate of drug-likeness (QED) is 0.563. The number of hydrogen-bond acceptors (Lipinski definition) is 3. The fraction of sp³-hybridized carbons (Fsp3) is 0.533. The lowest BCUT2D eigenvalue weighted by molar-refractivity contribution is -0.116. The molecular weight excluding hydrogens is 256 g/mol. The standard InChI is InChI=1S/C15H24N2OS/c1-12(2)9-11-19-10-3-4-15(18)17-14-7-5-13(16)6-8-14/h5-8,12H,3-4,9-11,16H2,1-2H3,(H,17,18). The van der Waals surface area contributed by atoms with Crippen LogP contribution in [-0.4, -0.2) is 17.4 Å². The van der Waals surface area contributed by atoms with Crippen molar-refractivity contribution < 1.29 is 4.79 Å². The third kappa shape index (κ3) is 7.78. The van der Waals surface area contributed by atoms with E-state index in [4.69, 9.17) is 5.73 Å². The van der Waals surface area contributed by atoms with E-state index in [0.29, 0.717) is 12.1 Å². The van der Waals surface area contributed by atoms with E-state index in [2.05, 4.69) is 19.2 Å². The van der Waals surface area contributed by atoms with Gasteiger partial charge in [-0.05, 0) is 54.5 Å². The zero-order valence-electron chi connectivity index (χ0n) is 11.8. The SMILES string of the molecule is CC(C)CCSCCCC(=O)Nc1ccc(N)cc1. The highest BCUT2D eigenvalue weighted by molar-refractivity contribution is 7.99. The number of benzene rings is 1. The van der Waals surface area contributed by atoms with E-state index in [-0.39, 0.29) is 5.91 Å². The van der Waals surface area contributed by atoms with Gasteiger partial charge in [0.15, 0.2) is 0 Å². The van der Waals surface area contributed by atoms with Crippen LogP contribution >= 0.6 is 11.8 Å². The summed E-state index contributed by atoms with van der Waals surface area (Å²) in [7, 11) is 0. The molecule has 0 radical (unpaired) electrons. The van der Waals surface area contributed by atoms with Gasteiger partial charge in [0, 0.05) is 17.8 Å². The predicted molar refractivity (Wildman–Crippen MR) is 85.5 cm³/mol. The van der Waals surface area contributed by atoms with Crippen molar-refractivity contribution in [1.82, 2.24) is 0 Å². The van der Waals surface area contributed by atoms with Crippen molar-refractivity contribution in [1.29, 1.82) is 0 Å². The molecule has 0 heterocycles. The Bertz CT molecular complexity index is 376. The van der Waals surface area contributed by atoms with E-state index in [1.54, 1.807) is 12.1 Å². The van der Waals surface area contributed by atoms with Crippen LogP contribution in [0.5, 0.6) is 0 Å². The van der Waals surface area contributed by atoms with Gasteiger partial charge in [-0.1, -0.05) is 13.8 Å². The summed E-state index contributed by atoms with van der Waals surface area (Å²) in [6, 6.07) is 7.23. The summed E-state index contributed by atoms with van der Waals surface area (Å²) in [5.74, 6) is 3.09. The third-order valence-electron chi connectivity index (χ3n) is 2.73. The molecule has 0 aromatic heterocycles. The Morgan fingerprint density at radius 1 is 1.26 bits per heavy atom. The Kier molecular flexibility index (Phi) is 7.41. The Morgan fingerprint density at radius 2 is 1.95 bits per heavy atom. The van der Waals surface area contributed by atoms with Crippen LogP contribution in [0.2, 0.25) is 0 Å². The first-order valence-corrected chi connectivity index (χ1v) is 7.96. The van der Waals surface area contributed by atoms with Gasteiger partial charge < -0.3 is 11.1 Å². The van der Waals surface area contributed by atoms with Gasteiger partial charge in [-0.3, -0.25) is 4.79 Å². The molecule has 1 amide bonds. The zero-order valence-corrected chi connectivity index (χ0v) is 12.6. The van der Waals surface area contributed by atoms with E-state index in [0.717, 1.165) is 23.8 Å². The largest absolute Gasteiger partial charge is 0.399 e. The monoisotopic (exact) mass is 280 g/mol. The number of nitrogen functional groups attached to an aromatic ring is 1. The second kappa shape index (κ2) is 8.86. The summed E-state index contributed by atoms with van der Waals surface area (Å²) >= 11 is 1.94. The smallest absolute Gasteiger partial charge is 0.224 e. The lowest BCUT2D eigenvalue weighted by Gasteiger charge is -2.06. The molecule has 4 heteroatoms. The number of amides is 1. The lowest BCUT2D eigenvalue weighted by Crippen LogP contribution is -2.11. The minimum absolute atomic E-state index is 0.0780. The fourth-order valence-corrected chi connectivity index (χ4v) is 2.74. The molecule has 0 saturated carbocycles. The van der Waals surface area contributed by atoms with Crippen molar-refractivity contribution in [2.75, 3.05) is 22.6 Å². The highest BCUT2D eigenvalue weighted by Gasteiger charge is 2.02. The van der Waals surface area contributed by atoms with Gasteiger partial charge in [-0.2, -0.15) is 11.8 Å². The van der Waals surface area contributed by atoms with Gasteiger partial charge in [0.25, 0.3) is 0 Å². The molecular formula is C15H24N2OS. The van der Waals surface area contributed by atoms with E-state index in [1.165, 1.54) is 12.2 Å². The minimum Gasteiger partial charge on any atom is -0.399 e. The zero-order chi connectivity index (χ0) is 14.1.